The molecule has 4 heteroatoms. The summed E-state index contributed by atoms with van der Waals surface area (Å²) < 4.78 is 0.986. The number of nitrogens with two attached hydrogens (primary N) is 1. The fourth-order valence-corrected chi connectivity index (χ4v) is 2.86. The van der Waals surface area contributed by atoms with Gasteiger partial charge in [-0.3, -0.25) is 4.79 Å². The van der Waals surface area contributed by atoms with Crippen molar-refractivity contribution in [2.75, 3.05) is 5.32 Å². The van der Waals surface area contributed by atoms with Crippen molar-refractivity contribution < 1.29 is 4.79 Å². The summed E-state index contributed by atoms with van der Waals surface area (Å²) in [5.74, 6) is 0.720. The summed E-state index contributed by atoms with van der Waals surface area (Å²) in [5.41, 5.74) is 9.30. The molecule has 0 saturated heterocycles. The molecular weight excluding hydrogens is 292 g/mol. The molecule has 0 spiro atoms. The van der Waals surface area contributed by atoms with E-state index in [2.05, 4.69) is 41.2 Å². The molecule has 1 atom stereocenters. The van der Waals surface area contributed by atoms with Gasteiger partial charge in [0.1, 0.15) is 0 Å². The van der Waals surface area contributed by atoms with Crippen LogP contribution in [0.3, 0.4) is 0 Å². The lowest BCUT2D eigenvalue weighted by Gasteiger charge is -2.16. The number of halogens is 1. The molecule has 0 saturated carbocycles. The molecule has 3 nitrogen and oxygen atoms in total. The Labute approximate surface area is 116 Å². The number of carbonyl (C=O) groups is 1. The number of hydrogen-bond acceptors (Lipinski definition) is 2. The number of carbonyl (C=O) groups excluding carboxylic acids is 1. The van der Waals surface area contributed by atoms with E-state index in [0.717, 1.165) is 34.1 Å². The Bertz CT molecular complexity index is 471. The third kappa shape index (κ3) is 2.93. The van der Waals surface area contributed by atoms with Gasteiger partial charge in [-0.15, -0.1) is 0 Å². The molecule has 0 fully saturated rings. The molecule has 0 aromatic heterocycles. The van der Waals surface area contributed by atoms with Crippen LogP contribution in [0.5, 0.6) is 0 Å². The van der Waals surface area contributed by atoms with Crippen LogP contribution in [0.2, 0.25) is 0 Å². The molecule has 1 aromatic carbocycles. The van der Waals surface area contributed by atoms with E-state index in [4.69, 9.17) is 5.73 Å². The molecule has 0 radical (unpaired) electrons. The van der Waals surface area contributed by atoms with E-state index < -0.39 is 0 Å². The van der Waals surface area contributed by atoms with Crippen LogP contribution in [0.25, 0.3) is 0 Å². The van der Waals surface area contributed by atoms with Crippen LogP contribution in [0, 0.1) is 5.92 Å². The zero-order valence-corrected chi connectivity index (χ0v) is 12.4. The molecular formula is C14H19BrN2O. The summed E-state index contributed by atoms with van der Waals surface area (Å²) in [4.78, 5) is 11.3. The number of benzene rings is 1. The minimum atomic E-state index is 0.0303. The van der Waals surface area contributed by atoms with Crippen molar-refractivity contribution in [1.82, 2.24) is 0 Å². The first-order valence-corrected chi connectivity index (χ1v) is 7.14. The van der Waals surface area contributed by atoms with E-state index >= 15 is 0 Å². The van der Waals surface area contributed by atoms with Gasteiger partial charge in [-0.1, -0.05) is 35.8 Å². The van der Waals surface area contributed by atoms with Crippen LogP contribution in [0.1, 0.15) is 43.9 Å². The van der Waals surface area contributed by atoms with Crippen molar-refractivity contribution >= 4 is 27.5 Å². The van der Waals surface area contributed by atoms with Crippen LogP contribution in [-0.2, 0) is 11.2 Å². The molecule has 0 aliphatic carbocycles. The smallest absolute Gasteiger partial charge is 0.228 e. The Morgan fingerprint density at radius 3 is 2.78 bits per heavy atom. The van der Waals surface area contributed by atoms with Gasteiger partial charge in [-0.25, -0.2) is 0 Å². The molecule has 98 valence electrons. The van der Waals surface area contributed by atoms with Gasteiger partial charge < -0.3 is 11.1 Å². The van der Waals surface area contributed by atoms with Gasteiger partial charge in [-0.05, 0) is 36.0 Å². The van der Waals surface area contributed by atoms with Gasteiger partial charge in [-0.2, -0.15) is 0 Å². The lowest BCUT2D eigenvalue weighted by molar-refractivity contribution is -0.115. The molecule has 1 unspecified atom stereocenters. The second-order valence-electron chi connectivity index (χ2n) is 5.33. The maximum atomic E-state index is 11.3. The summed E-state index contributed by atoms with van der Waals surface area (Å²) in [6.07, 6.45) is 2.55. The summed E-state index contributed by atoms with van der Waals surface area (Å²) in [6, 6.07) is 4.05. The van der Waals surface area contributed by atoms with E-state index in [9.17, 15) is 4.79 Å². The van der Waals surface area contributed by atoms with Gasteiger partial charge in [0.2, 0.25) is 5.91 Å². The highest BCUT2D eigenvalue weighted by atomic mass is 79.9. The van der Waals surface area contributed by atoms with Gasteiger partial charge >= 0.3 is 0 Å². The molecule has 2 rings (SSSR count). The van der Waals surface area contributed by atoms with Crippen LogP contribution in [-0.4, -0.2) is 5.91 Å². The van der Waals surface area contributed by atoms with Crippen molar-refractivity contribution in [3.05, 3.63) is 27.7 Å². The van der Waals surface area contributed by atoms with E-state index in [1.54, 1.807) is 0 Å². The first-order chi connectivity index (χ1) is 8.47. The number of fused-ring (bicyclic) bond motifs is 1. The Morgan fingerprint density at radius 2 is 2.11 bits per heavy atom. The average Bonchev–Trinajstić information content (AvgIpc) is 2.64. The van der Waals surface area contributed by atoms with Crippen molar-refractivity contribution in [1.29, 1.82) is 0 Å². The summed E-state index contributed by atoms with van der Waals surface area (Å²) in [7, 11) is 0. The van der Waals surface area contributed by atoms with E-state index in [1.165, 1.54) is 0 Å². The highest BCUT2D eigenvalue weighted by molar-refractivity contribution is 9.10. The van der Waals surface area contributed by atoms with E-state index in [1.807, 2.05) is 6.07 Å². The monoisotopic (exact) mass is 310 g/mol. The lowest BCUT2D eigenvalue weighted by atomic mass is 9.96. The predicted molar refractivity (Wildman–Crippen MR) is 77.5 cm³/mol. The number of anilines is 1. The number of amides is 1. The van der Waals surface area contributed by atoms with Gasteiger partial charge in [0.25, 0.3) is 0 Å². The zero-order valence-electron chi connectivity index (χ0n) is 10.8. The Hall–Kier alpha value is -0.870. The fourth-order valence-electron chi connectivity index (χ4n) is 2.22. The van der Waals surface area contributed by atoms with E-state index in [0.29, 0.717) is 12.3 Å². The largest absolute Gasteiger partial charge is 0.325 e. The molecule has 1 aliphatic rings. The van der Waals surface area contributed by atoms with Crippen LogP contribution >= 0.6 is 15.9 Å². The summed E-state index contributed by atoms with van der Waals surface area (Å²) >= 11 is 3.55. The van der Waals surface area contributed by atoms with Gasteiger partial charge in [0.15, 0.2) is 0 Å². The molecule has 18 heavy (non-hydrogen) atoms. The van der Waals surface area contributed by atoms with Crippen molar-refractivity contribution in [2.45, 2.75) is 39.2 Å². The predicted octanol–water partition coefficient (Wildman–Crippen LogP) is 3.38. The maximum Gasteiger partial charge on any atom is 0.228 e. The van der Waals surface area contributed by atoms with Gasteiger partial charge in [0, 0.05) is 16.2 Å². The first-order valence-electron chi connectivity index (χ1n) is 6.35. The average molecular weight is 311 g/mol. The molecule has 1 aliphatic heterocycles. The third-order valence-corrected chi connectivity index (χ3v) is 3.99. The van der Waals surface area contributed by atoms with Crippen molar-refractivity contribution in [3.63, 3.8) is 0 Å². The third-order valence-electron chi connectivity index (χ3n) is 3.30. The quantitative estimate of drug-likeness (QED) is 0.895. The van der Waals surface area contributed by atoms with Gasteiger partial charge in [0.05, 0.1) is 6.42 Å². The molecule has 0 bridgehead atoms. The number of rotatable bonds is 4. The Balaban J connectivity index is 2.19. The van der Waals surface area contributed by atoms with E-state index in [-0.39, 0.29) is 11.9 Å². The molecule has 1 aromatic rings. The van der Waals surface area contributed by atoms with Crippen molar-refractivity contribution in [3.8, 4) is 0 Å². The number of nitrogens with one attached hydrogen (secondary N) is 1. The lowest BCUT2D eigenvalue weighted by Crippen LogP contribution is -2.12. The van der Waals surface area contributed by atoms with Crippen LogP contribution in [0.15, 0.2) is 16.6 Å². The van der Waals surface area contributed by atoms with Crippen LogP contribution in [0.4, 0.5) is 5.69 Å². The minimum absolute atomic E-state index is 0.0303. The summed E-state index contributed by atoms with van der Waals surface area (Å²) in [5, 5.41) is 2.84. The summed E-state index contributed by atoms with van der Waals surface area (Å²) in [6.45, 7) is 4.40. The minimum Gasteiger partial charge on any atom is -0.325 e. The second kappa shape index (κ2) is 5.41. The molecule has 1 heterocycles. The normalized spacial score (nSPS) is 15.7. The molecule has 3 N–H and O–H groups in total. The topological polar surface area (TPSA) is 55.1 Å². The first kappa shape index (κ1) is 13.6. The SMILES string of the molecule is CC(C)CCC(N)c1cc2c(cc1Br)NC(=O)C2. The fraction of sp³-hybridized carbons (Fsp3) is 0.500. The van der Waals surface area contributed by atoms with Crippen LogP contribution < -0.4 is 11.1 Å². The second-order valence-corrected chi connectivity index (χ2v) is 6.19. The van der Waals surface area contributed by atoms with Crippen molar-refractivity contribution in [2.24, 2.45) is 11.7 Å². The highest BCUT2D eigenvalue weighted by Gasteiger charge is 2.21. The Morgan fingerprint density at radius 1 is 1.39 bits per heavy atom. The highest BCUT2D eigenvalue weighted by Crippen LogP contribution is 2.33. The zero-order chi connectivity index (χ0) is 13.3. The molecule has 1 amide bonds. The maximum absolute atomic E-state index is 11.3. The Kier molecular flexibility index (Phi) is 4.07. The standard InChI is InChI=1S/C14H19BrN2O/c1-8(2)3-4-12(16)10-5-9-6-14(18)17-13(9)7-11(10)15/h5,7-8,12H,3-4,6,16H2,1-2H3,(H,17,18). The number of hydrogen-bond donors (Lipinski definition) is 2.